The average Bonchev–Trinajstić information content (AvgIpc) is 2.97. The number of ether oxygens (including phenoxy) is 1. The van der Waals surface area contributed by atoms with Gasteiger partial charge in [-0.2, -0.15) is 0 Å². The van der Waals surface area contributed by atoms with Gasteiger partial charge in [-0.3, -0.25) is 9.69 Å². The van der Waals surface area contributed by atoms with Crippen LogP contribution in [0.2, 0.25) is 0 Å². The van der Waals surface area contributed by atoms with Crippen LogP contribution in [0.25, 0.3) is 6.08 Å². The summed E-state index contributed by atoms with van der Waals surface area (Å²) >= 11 is 0. The summed E-state index contributed by atoms with van der Waals surface area (Å²) in [6.45, 7) is 10.5. The summed E-state index contributed by atoms with van der Waals surface area (Å²) in [5.41, 5.74) is 6.26. The van der Waals surface area contributed by atoms with E-state index in [9.17, 15) is 4.79 Å². The summed E-state index contributed by atoms with van der Waals surface area (Å²) < 4.78 is 5.81. The minimum atomic E-state index is -0.168. The number of amidine groups is 1. The first-order chi connectivity index (χ1) is 16.9. The zero-order valence-corrected chi connectivity index (χ0v) is 21.0. The number of allylic oxidation sites excluding steroid dienone is 4. The third-order valence-corrected chi connectivity index (χ3v) is 5.66. The van der Waals surface area contributed by atoms with Crippen LogP contribution in [0.4, 0.5) is 11.4 Å². The van der Waals surface area contributed by atoms with Crippen molar-refractivity contribution >= 4 is 29.4 Å². The van der Waals surface area contributed by atoms with Crippen molar-refractivity contribution in [3.63, 3.8) is 0 Å². The third kappa shape index (κ3) is 5.55. The van der Waals surface area contributed by atoms with Crippen LogP contribution in [0, 0.1) is 18.8 Å². The molecule has 35 heavy (non-hydrogen) atoms. The van der Waals surface area contributed by atoms with Crippen LogP contribution < -0.4 is 4.90 Å². The Hall–Kier alpha value is -4.04. The molecule has 0 bridgehead atoms. The van der Waals surface area contributed by atoms with Crippen molar-refractivity contribution in [2.75, 3.05) is 11.4 Å². The number of aryl methyl sites for hydroxylation is 1. The number of rotatable bonds is 6. The monoisotopic (exact) mass is 465 g/mol. The molecule has 0 N–H and O–H groups in total. The van der Waals surface area contributed by atoms with E-state index in [0.29, 0.717) is 12.6 Å². The fourth-order valence-corrected chi connectivity index (χ4v) is 3.82. The Kier molecular flexibility index (Phi) is 7.22. The number of hydrogen-bond donors (Lipinski definition) is 0. The number of amides is 1. The second-order valence-electron chi connectivity index (χ2n) is 8.97. The number of aliphatic imine (C=N–C) groups is 1. The molecule has 0 radical (unpaired) electrons. The molecule has 2 aromatic carbocycles. The molecule has 2 aliphatic rings. The molecule has 0 spiro atoms. The van der Waals surface area contributed by atoms with E-state index in [1.165, 1.54) is 11.1 Å². The summed E-state index contributed by atoms with van der Waals surface area (Å²) in [5, 5.41) is 0. The SMILES string of the molecule is CCN1C(=O)/C(=C\c2ccc(N(C3=CC=C(C)CC#C3)c3ccc(C)cc3)cc2)OC1=NC(C)C. The highest BCUT2D eigenvalue weighted by Gasteiger charge is 2.33. The second kappa shape index (κ2) is 10.5. The van der Waals surface area contributed by atoms with Crippen molar-refractivity contribution in [1.29, 1.82) is 0 Å². The van der Waals surface area contributed by atoms with Gasteiger partial charge in [0.2, 0.25) is 0 Å². The summed E-state index contributed by atoms with van der Waals surface area (Å²) in [5.74, 6) is 6.70. The van der Waals surface area contributed by atoms with Gasteiger partial charge in [-0.05, 0) is 82.5 Å². The molecular weight excluding hydrogens is 434 g/mol. The van der Waals surface area contributed by atoms with Crippen LogP contribution in [0.5, 0.6) is 0 Å². The number of benzene rings is 2. The molecule has 5 nitrogen and oxygen atoms in total. The Balaban J connectivity index is 1.67. The van der Waals surface area contributed by atoms with E-state index in [4.69, 9.17) is 4.74 Å². The second-order valence-corrected chi connectivity index (χ2v) is 8.97. The maximum atomic E-state index is 12.8. The van der Waals surface area contributed by atoms with Crippen molar-refractivity contribution in [3.05, 3.63) is 88.8 Å². The molecule has 0 aromatic heterocycles. The Bertz CT molecular complexity index is 1280. The minimum Gasteiger partial charge on any atom is -0.420 e. The highest BCUT2D eigenvalue weighted by atomic mass is 16.5. The predicted octanol–water partition coefficient (Wildman–Crippen LogP) is 6.35. The first kappa shape index (κ1) is 24.1. The zero-order chi connectivity index (χ0) is 24.9. The molecule has 1 fully saturated rings. The van der Waals surface area contributed by atoms with Crippen LogP contribution >= 0.6 is 0 Å². The Labute approximate surface area is 208 Å². The third-order valence-electron chi connectivity index (χ3n) is 5.66. The molecule has 0 saturated carbocycles. The first-order valence-electron chi connectivity index (χ1n) is 12.0. The summed E-state index contributed by atoms with van der Waals surface area (Å²) in [7, 11) is 0. The van der Waals surface area contributed by atoms with Gasteiger partial charge >= 0.3 is 6.02 Å². The minimum absolute atomic E-state index is 0.0401. The van der Waals surface area contributed by atoms with Crippen molar-refractivity contribution in [2.45, 2.75) is 47.1 Å². The molecule has 178 valence electrons. The Morgan fingerprint density at radius 2 is 1.71 bits per heavy atom. The number of nitrogens with zero attached hydrogens (tertiary/aromatic N) is 3. The van der Waals surface area contributed by atoms with Gasteiger partial charge < -0.3 is 9.64 Å². The molecule has 1 heterocycles. The van der Waals surface area contributed by atoms with Gasteiger partial charge in [0, 0.05) is 30.4 Å². The zero-order valence-electron chi connectivity index (χ0n) is 21.0. The number of carbonyl (C=O) groups is 1. The van der Waals surface area contributed by atoms with E-state index in [1.54, 1.807) is 11.0 Å². The van der Waals surface area contributed by atoms with Crippen LogP contribution in [0.15, 0.2) is 82.7 Å². The smallest absolute Gasteiger partial charge is 0.300 e. The summed E-state index contributed by atoms with van der Waals surface area (Å²) in [6.07, 6.45) is 6.72. The number of hydrogen-bond acceptors (Lipinski definition) is 4. The van der Waals surface area contributed by atoms with E-state index >= 15 is 0 Å². The largest absolute Gasteiger partial charge is 0.420 e. The number of carbonyl (C=O) groups excluding carboxylic acids is 1. The first-order valence-corrected chi connectivity index (χ1v) is 12.0. The van der Waals surface area contributed by atoms with Crippen molar-refractivity contribution in [1.82, 2.24) is 4.90 Å². The van der Waals surface area contributed by atoms with Crippen LogP contribution in [0.1, 0.15) is 45.2 Å². The lowest BCUT2D eigenvalue weighted by Gasteiger charge is -2.25. The van der Waals surface area contributed by atoms with Gasteiger partial charge in [-0.1, -0.05) is 47.4 Å². The molecule has 2 aromatic rings. The summed E-state index contributed by atoms with van der Waals surface area (Å²) in [6, 6.07) is 16.9. The van der Waals surface area contributed by atoms with Crippen molar-refractivity contribution in [2.24, 2.45) is 4.99 Å². The predicted molar refractivity (Wildman–Crippen MR) is 143 cm³/mol. The van der Waals surface area contributed by atoms with Gasteiger partial charge in [0.25, 0.3) is 5.91 Å². The lowest BCUT2D eigenvalue weighted by Crippen LogP contribution is -2.30. The lowest BCUT2D eigenvalue weighted by molar-refractivity contribution is -0.122. The van der Waals surface area contributed by atoms with Gasteiger partial charge in [0.1, 0.15) is 0 Å². The normalized spacial score (nSPS) is 17.7. The number of anilines is 2. The molecule has 1 saturated heterocycles. The maximum absolute atomic E-state index is 12.8. The van der Waals surface area contributed by atoms with Gasteiger partial charge in [-0.25, -0.2) is 4.99 Å². The van der Waals surface area contributed by atoms with Crippen LogP contribution in [-0.2, 0) is 9.53 Å². The van der Waals surface area contributed by atoms with Crippen LogP contribution in [0.3, 0.4) is 0 Å². The molecule has 4 rings (SSSR count). The highest BCUT2D eigenvalue weighted by molar-refractivity contribution is 6.11. The van der Waals surface area contributed by atoms with E-state index in [1.807, 2.05) is 45.0 Å². The quantitative estimate of drug-likeness (QED) is 0.369. The van der Waals surface area contributed by atoms with Gasteiger partial charge in [0.05, 0.1) is 5.70 Å². The van der Waals surface area contributed by atoms with Crippen LogP contribution in [-0.4, -0.2) is 29.4 Å². The number of likely N-dealkylation sites (N-methyl/N-ethyl adjacent to an activating group) is 1. The fraction of sp³-hybridized carbons (Fsp3) is 0.267. The fourth-order valence-electron chi connectivity index (χ4n) is 3.82. The Morgan fingerprint density at radius 3 is 2.34 bits per heavy atom. The van der Waals surface area contributed by atoms with Gasteiger partial charge in [-0.15, -0.1) is 0 Å². The topological polar surface area (TPSA) is 45.1 Å². The molecule has 5 heteroatoms. The molecule has 1 aliphatic carbocycles. The standard InChI is InChI=1S/C30H31N3O2/c1-6-32-29(34)28(35-30(32)31-21(2)3)20-24-13-18-27(19-14-24)33(26-16-11-23(5)12-17-26)25-9-7-8-22(4)10-15-25/h10-21H,6,8H2,1-5H3/b28-20+,31-30?. The molecular formula is C30H31N3O2. The molecule has 0 unspecified atom stereocenters. The van der Waals surface area contributed by atoms with E-state index in [2.05, 4.69) is 72.0 Å². The maximum Gasteiger partial charge on any atom is 0.300 e. The van der Waals surface area contributed by atoms with Crippen molar-refractivity contribution in [3.8, 4) is 11.8 Å². The highest BCUT2D eigenvalue weighted by Crippen LogP contribution is 2.31. The van der Waals surface area contributed by atoms with E-state index in [0.717, 1.165) is 29.1 Å². The van der Waals surface area contributed by atoms with E-state index < -0.39 is 0 Å². The molecule has 1 amide bonds. The van der Waals surface area contributed by atoms with E-state index in [-0.39, 0.29) is 17.7 Å². The lowest BCUT2D eigenvalue weighted by atomic mass is 10.1. The summed E-state index contributed by atoms with van der Waals surface area (Å²) in [4.78, 5) is 21.0. The van der Waals surface area contributed by atoms with Crippen molar-refractivity contribution < 1.29 is 9.53 Å². The Morgan fingerprint density at radius 1 is 1.06 bits per heavy atom. The average molecular weight is 466 g/mol. The molecule has 1 aliphatic heterocycles. The van der Waals surface area contributed by atoms with Gasteiger partial charge in [0.15, 0.2) is 5.76 Å². The molecule has 0 atom stereocenters.